The average molecular weight is 363 g/mol. The number of aromatic carboxylic acids is 1. The highest BCUT2D eigenvalue weighted by molar-refractivity contribution is 6.05. The standard InChI is InChI=1S/C19H13N3O5/c1-26-13-5-3-12(4-6-13)16-10-21-18(27-16)17(23)22-15-7-2-11(9-20)8-14(15)19(24)25/h2-8,10H,1H3,(H,22,23)(H,24,25). The van der Waals surface area contributed by atoms with Gasteiger partial charge in [-0.3, -0.25) is 4.79 Å². The van der Waals surface area contributed by atoms with E-state index in [1.165, 1.54) is 24.4 Å². The van der Waals surface area contributed by atoms with E-state index in [1.807, 2.05) is 6.07 Å². The van der Waals surface area contributed by atoms with Crippen molar-refractivity contribution >= 4 is 17.6 Å². The molecule has 0 atom stereocenters. The number of hydrogen-bond donors (Lipinski definition) is 2. The monoisotopic (exact) mass is 363 g/mol. The molecule has 0 radical (unpaired) electrons. The van der Waals surface area contributed by atoms with Crippen molar-refractivity contribution in [2.24, 2.45) is 0 Å². The third kappa shape index (κ3) is 3.77. The fourth-order valence-corrected chi connectivity index (χ4v) is 2.34. The van der Waals surface area contributed by atoms with Crippen LogP contribution in [0.2, 0.25) is 0 Å². The molecule has 0 aliphatic carbocycles. The number of aromatic nitrogens is 1. The highest BCUT2D eigenvalue weighted by Gasteiger charge is 2.18. The molecule has 1 aromatic heterocycles. The number of benzene rings is 2. The molecule has 2 aromatic carbocycles. The Morgan fingerprint density at radius 2 is 1.96 bits per heavy atom. The molecule has 0 unspecified atom stereocenters. The molecule has 0 aliphatic rings. The molecular formula is C19H13N3O5. The van der Waals surface area contributed by atoms with Gasteiger partial charge in [0.05, 0.1) is 36.2 Å². The third-order valence-electron chi connectivity index (χ3n) is 3.70. The van der Waals surface area contributed by atoms with Crippen molar-refractivity contribution in [1.29, 1.82) is 5.26 Å². The Morgan fingerprint density at radius 3 is 2.59 bits per heavy atom. The number of carboxylic acids is 1. The van der Waals surface area contributed by atoms with Crippen LogP contribution in [0.15, 0.2) is 53.1 Å². The lowest BCUT2D eigenvalue weighted by molar-refractivity contribution is 0.0698. The van der Waals surface area contributed by atoms with Crippen molar-refractivity contribution in [2.75, 3.05) is 12.4 Å². The molecule has 3 aromatic rings. The van der Waals surface area contributed by atoms with E-state index in [4.69, 9.17) is 14.4 Å². The number of carbonyl (C=O) groups excluding carboxylic acids is 1. The lowest BCUT2D eigenvalue weighted by Crippen LogP contribution is -2.15. The van der Waals surface area contributed by atoms with Gasteiger partial charge in [0.25, 0.3) is 5.89 Å². The molecule has 2 N–H and O–H groups in total. The van der Waals surface area contributed by atoms with Gasteiger partial charge in [-0.1, -0.05) is 0 Å². The number of carbonyl (C=O) groups is 2. The number of nitriles is 1. The fourth-order valence-electron chi connectivity index (χ4n) is 2.34. The molecule has 27 heavy (non-hydrogen) atoms. The number of hydrogen-bond acceptors (Lipinski definition) is 6. The first-order valence-electron chi connectivity index (χ1n) is 7.71. The zero-order chi connectivity index (χ0) is 19.4. The smallest absolute Gasteiger partial charge is 0.337 e. The second-order valence-electron chi connectivity index (χ2n) is 5.39. The van der Waals surface area contributed by atoms with E-state index in [0.717, 1.165) is 0 Å². The summed E-state index contributed by atoms with van der Waals surface area (Å²) >= 11 is 0. The van der Waals surface area contributed by atoms with E-state index in [-0.39, 0.29) is 22.7 Å². The average Bonchev–Trinajstić information content (AvgIpc) is 3.18. The minimum absolute atomic E-state index is 0.0377. The number of amides is 1. The Labute approximate surface area is 153 Å². The summed E-state index contributed by atoms with van der Waals surface area (Å²) in [5.41, 5.74) is 0.704. The summed E-state index contributed by atoms with van der Waals surface area (Å²) in [5, 5.41) is 20.6. The number of rotatable bonds is 5. The predicted octanol–water partition coefficient (Wildman–Crippen LogP) is 3.17. The second kappa shape index (κ2) is 7.41. The first kappa shape index (κ1) is 17.7. The van der Waals surface area contributed by atoms with Crippen LogP contribution in [0.3, 0.4) is 0 Å². The molecule has 0 saturated carbocycles. The van der Waals surface area contributed by atoms with Crippen molar-refractivity contribution in [2.45, 2.75) is 0 Å². The quantitative estimate of drug-likeness (QED) is 0.713. The van der Waals surface area contributed by atoms with Gasteiger partial charge in [0.1, 0.15) is 5.75 Å². The van der Waals surface area contributed by atoms with Crippen LogP contribution in [0.25, 0.3) is 11.3 Å². The number of ether oxygens (including phenoxy) is 1. The van der Waals surface area contributed by atoms with Crippen LogP contribution in [-0.4, -0.2) is 29.1 Å². The second-order valence-corrected chi connectivity index (χ2v) is 5.39. The molecule has 1 heterocycles. The van der Waals surface area contributed by atoms with Gasteiger partial charge in [-0.15, -0.1) is 0 Å². The van der Waals surface area contributed by atoms with Crippen molar-refractivity contribution in [3.8, 4) is 23.1 Å². The Morgan fingerprint density at radius 1 is 1.22 bits per heavy atom. The molecule has 3 rings (SSSR count). The number of anilines is 1. The van der Waals surface area contributed by atoms with E-state index < -0.39 is 11.9 Å². The van der Waals surface area contributed by atoms with Gasteiger partial charge >= 0.3 is 11.9 Å². The van der Waals surface area contributed by atoms with Crippen molar-refractivity contribution in [3.63, 3.8) is 0 Å². The lowest BCUT2D eigenvalue weighted by atomic mass is 10.1. The molecule has 0 bridgehead atoms. The summed E-state index contributed by atoms with van der Waals surface area (Å²) in [5.74, 6) is -1.14. The van der Waals surface area contributed by atoms with Gasteiger partial charge in [-0.25, -0.2) is 9.78 Å². The number of nitrogens with one attached hydrogen (secondary N) is 1. The molecule has 0 fully saturated rings. The summed E-state index contributed by atoms with van der Waals surface area (Å²) in [6.45, 7) is 0. The first-order chi connectivity index (χ1) is 13.0. The Kier molecular flexibility index (Phi) is 4.86. The van der Waals surface area contributed by atoms with Crippen LogP contribution in [0, 0.1) is 11.3 Å². The summed E-state index contributed by atoms with van der Waals surface area (Å²) in [4.78, 5) is 27.6. The normalized spacial score (nSPS) is 10.1. The maximum absolute atomic E-state index is 12.3. The minimum Gasteiger partial charge on any atom is -0.497 e. The molecular weight excluding hydrogens is 350 g/mol. The minimum atomic E-state index is -1.27. The molecule has 1 amide bonds. The van der Waals surface area contributed by atoms with Crippen molar-refractivity contribution < 1.29 is 23.8 Å². The van der Waals surface area contributed by atoms with Gasteiger partial charge in [0, 0.05) is 5.56 Å². The SMILES string of the molecule is COc1ccc(-c2cnc(C(=O)Nc3ccc(C#N)cc3C(=O)O)o2)cc1. The molecule has 8 heteroatoms. The van der Waals surface area contributed by atoms with Crippen LogP contribution in [0.1, 0.15) is 26.6 Å². The van der Waals surface area contributed by atoms with Crippen LogP contribution < -0.4 is 10.1 Å². The van der Waals surface area contributed by atoms with Gasteiger partial charge in [0.2, 0.25) is 0 Å². The highest BCUT2D eigenvalue weighted by Crippen LogP contribution is 2.24. The van der Waals surface area contributed by atoms with Gasteiger partial charge in [0.15, 0.2) is 5.76 Å². The topological polar surface area (TPSA) is 125 Å². The largest absolute Gasteiger partial charge is 0.497 e. The summed E-state index contributed by atoms with van der Waals surface area (Å²) < 4.78 is 10.5. The van der Waals surface area contributed by atoms with Crippen LogP contribution >= 0.6 is 0 Å². The fraction of sp³-hybridized carbons (Fsp3) is 0.0526. The predicted molar refractivity (Wildman–Crippen MR) is 94.6 cm³/mol. The molecule has 8 nitrogen and oxygen atoms in total. The van der Waals surface area contributed by atoms with E-state index in [9.17, 15) is 14.7 Å². The van der Waals surface area contributed by atoms with Crippen LogP contribution in [0.5, 0.6) is 5.75 Å². The van der Waals surface area contributed by atoms with Gasteiger partial charge in [-0.05, 0) is 42.5 Å². The number of carboxylic acid groups (broad SMARTS) is 1. The summed E-state index contributed by atoms with van der Waals surface area (Å²) in [7, 11) is 1.56. The highest BCUT2D eigenvalue weighted by atomic mass is 16.5. The Hall–Kier alpha value is -4.12. The zero-order valence-electron chi connectivity index (χ0n) is 14.1. The van der Waals surface area contributed by atoms with E-state index in [0.29, 0.717) is 17.1 Å². The van der Waals surface area contributed by atoms with Crippen LogP contribution in [-0.2, 0) is 0 Å². The van der Waals surface area contributed by atoms with E-state index >= 15 is 0 Å². The summed E-state index contributed by atoms with van der Waals surface area (Å²) in [6, 6.07) is 12.8. The van der Waals surface area contributed by atoms with Gasteiger partial charge < -0.3 is 19.6 Å². The summed E-state index contributed by atoms with van der Waals surface area (Å²) in [6.07, 6.45) is 1.40. The van der Waals surface area contributed by atoms with Crippen LogP contribution in [0.4, 0.5) is 5.69 Å². The molecule has 0 aliphatic heterocycles. The van der Waals surface area contributed by atoms with Gasteiger partial charge in [-0.2, -0.15) is 5.26 Å². The molecule has 0 spiro atoms. The van der Waals surface area contributed by atoms with E-state index in [1.54, 1.807) is 31.4 Å². The maximum atomic E-state index is 12.3. The Balaban J connectivity index is 1.82. The maximum Gasteiger partial charge on any atom is 0.337 e. The lowest BCUT2D eigenvalue weighted by Gasteiger charge is -2.07. The van der Waals surface area contributed by atoms with Crippen molar-refractivity contribution in [3.05, 3.63) is 65.7 Å². The third-order valence-corrected chi connectivity index (χ3v) is 3.70. The zero-order valence-corrected chi connectivity index (χ0v) is 14.1. The number of oxazole rings is 1. The number of methoxy groups -OCH3 is 1. The van der Waals surface area contributed by atoms with Crippen molar-refractivity contribution in [1.82, 2.24) is 4.98 Å². The molecule has 134 valence electrons. The molecule has 0 saturated heterocycles. The van der Waals surface area contributed by atoms with E-state index in [2.05, 4.69) is 10.3 Å². The Bertz CT molecular complexity index is 1050. The number of nitrogens with zero attached hydrogens (tertiary/aromatic N) is 2. The first-order valence-corrected chi connectivity index (χ1v) is 7.71.